The van der Waals surface area contributed by atoms with E-state index < -0.39 is 11.9 Å². The van der Waals surface area contributed by atoms with Crippen LogP contribution in [-0.2, 0) is 22.4 Å². The predicted molar refractivity (Wildman–Crippen MR) is 65.1 cm³/mol. The Morgan fingerprint density at radius 1 is 1.56 bits per heavy atom. The van der Waals surface area contributed by atoms with Gasteiger partial charge in [-0.15, -0.1) is 11.3 Å². The van der Waals surface area contributed by atoms with Crippen LogP contribution in [0.2, 0.25) is 0 Å². The number of aryl methyl sites for hydroxylation is 1. The summed E-state index contributed by atoms with van der Waals surface area (Å²) < 4.78 is 6.24. The molecular weight excluding hydrogens is 256 g/mol. The number of thiazole rings is 1. The van der Waals surface area contributed by atoms with Crippen LogP contribution in [0.3, 0.4) is 0 Å². The van der Waals surface area contributed by atoms with Crippen molar-refractivity contribution >= 4 is 28.2 Å². The second kappa shape index (κ2) is 4.77. The second-order valence-corrected chi connectivity index (χ2v) is 4.73. The first-order valence-corrected chi connectivity index (χ1v) is 6.18. The Morgan fingerprint density at radius 2 is 2.28 bits per heavy atom. The van der Waals surface area contributed by atoms with E-state index >= 15 is 0 Å². The van der Waals surface area contributed by atoms with Gasteiger partial charge >= 0.3 is 11.9 Å². The average Bonchev–Trinajstić information content (AvgIpc) is 2.87. The zero-order chi connectivity index (χ0) is 13.3. The molecule has 2 rings (SSSR count). The van der Waals surface area contributed by atoms with Gasteiger partial charge in [0.05, 0.1) is 13.5 Å². The summed E-state index contributed by atoms with van der Waals surface area (Å²) in [7, 11) is 1.28. The lowest BCUT2D eigenvalue weighted by atomic mass is 10.2. The number of hydrogen-bond donors (Lipinski definition) is 1. The smallest absolute Gasteiger partial charge is 0.358 e. The molecule has 0 aliphatic carbocycles. The Morgan fingerprint density at radius 3 is 2.83 bits per heavy atom. The quantitative estimate of drug-likeness (QED) is 0.847. The van der Waals surface area contributed by atoms with E-state index in [-0.39, 0.29) is 12.1 Å². The zero-order valence-electron chi connectivity index (χ0n) is 9.97. The van der Waals surface area contributed by atoms with Gasteiger partial charge in [0.25, 0.3) is 0 Å². The Hall–Kier alpha value is -1.89. The highest BCUT2D eigenvalue weighted by Crippen LogP contribution is 2.24. The van der Waals surface area contributed by atoms with E-state index in [9.17, 15) is 9.59 Å². The van der Waals surface area contributed by atoms with Gasteiger partial charge in [-0.1, -0.05) is 6.92 Å². The van der Waals surface area contributed by atoms with E-state index in [0.717, 1.165) is 11.3 Å². The largest absolute Gasteiger partial charge is 0.481 e. The van der Waals surface area contributed by atoms with Crippen LogP contribution in [0, 0.1) is 0 Å². The minimum absolute atomic E-state index is 0.0832. The fourth-order valence-corrected chi connectivity index (χ4v) is 2.80. The first-order chi connectivity index (χ1) is 8.56. The number of carboxylic acids is 1. The minimum atomic E-state index is -0.905. The Kier molecular flexibility index (Phi) is 3.33. The topological polar surface area (TPSA) is 80.9 Å². The van der Waals surface area contributed by atoms with Gasteiger partial charge in [-0.2, -0.15) is 0 Å². The molecule has 1 N–H and O–H groups in total. The lowest BCUT2D eigenvalue weighted by Gasteiger charge is -1.98. The maximum atomic E-state index is 11.4. The number of fused-ring (bicyclic) bond motifs is 1. The highest BCUT2D eigenvalue weighted by Gasteiger charge is 2.18. The fraction of sp³-hybridized carbons (Fsp3) is 0.364. The van der Waals surface area contributed by atoms with E-state index in [1.807, 2.05) is 6.92 Å². The molecule has 0 saturated carbocycles. The van der Waals surface area contributed by atoms with Crippen LogP contribution in [0.15, 0.2) is 6.20 Å². The molecule has 96 valence electrons. The monoisotopic (exact) mass is 268 g/mol. The fourth-order valence-electron chi connectivity index (χ4n) is 1.74. The number of nitrogens with zero attached hydrogens (tertiary/aromatic N) is 2. The lowest BCUT2D eigenvalue weighted by Crippen LogP contribution is -2.05. The number of carboxylic acid groups (broad SMARTS) is 1. The number of hydrogen-bond acceptors (Lipinski definition) is 5. The van der Waals surface area contributed by atoms with Crippen molar-refractivity contribution in [3.8, 4) is 0 Å². The normalized spacial score (nSPS) is 10.8. The number of methoxy groups -OCH3 is 1. The van der Waals surface area contributed by atoms with Gasteiger partial charge in [-0.25, -0.2) is 9.78 Å². The molecule has 0 amide bonds. The molecule has 0 aliphatic heterocycles. The number of aromatic nitrogens is 2. The molecule has 2 aromatic heterocycles. The zero-order valence-corrected chi connectivity index (χ0v) is 10.8. The summed E-state index contributed by atoms with van der Waals surface area (Å²) in [4.78, 5) is 27.9. The minimum Gasteiger partial charge on any atom is -0.481 e. The third kappa shape index (κ3) is 2.08. The Bertz CT molecular complexity index is 614. The van der Waals surface area contributed by atoms with Gasteiger partial charge in [-0.3, -0.25) is 9.20 Å². The highest BCUT2D eigenvalue weighted by atomic mass is 32.1. The van der Waals surface area contributed by atoms with Crippen LogP contribution >= 0.6 is 11.3 Å². The number of aliphatic carboxylic acids is 1. The van der Waals surface area contributed by atoms with Gasteiger partial charge in [0.2, 0.25) is 0 Å². The summed E-state index contributed by atoms with van der Waals surface area (Å²) in [6, 6.07) is 0. The molecule has 0 bridgehead atoms. The van der Waals surface area contributed by atoms with Crippen LogP contribution in [0.4, 0.5) is 0 Å². The third-order valence-electron chi connectivity index (χ3n) is 2.54. The second-order valence-electron chi connectivity index (χ2n) is 3.67. The summed E-state index contributed by atoms with van der Waals surface area (Å²) >= 11 is 1.40. The molecule has 0 spiro atoms. The number of rotatable bonds is 4. The first-order valence-electron chi connectivity index (χ1n) is 5.36. The van der Waals surface area contributed by atoms with Crippen LogP contribution in [0.1, 0.15) is 28.0 Å². The Balaban J connectivity index is 2.53. The number of imidazole rings is 1. The maximum absolute atomic E-state index is 11.4. The SMILES string of the molecule is CCc1sc2nc(C(=O)OC)cn2c1CC(=O)O. The van der Waals surface area contributed by atoms with Crippen LogP contribution in [-0.4, -0.2) is 33.5 Å². The van der Waals surface area contributed by atoms with Crippen molar-refractivity contribution < 1.29 is 19.4 Å². The molecule has 0 aromatic carbocycles. The molecule has 2 aromatic rings. The molecule has 0 fully saturated rings. The molecule has 2 heterocycles. The van der Waals surface area contributed by atoms with Gasteiger partial charge in [0.15, 0.2) is 10.7 Å². The van der Waals surface area contributed by atoms with Crippen molar-refractivity contribution in [2.45, 2.75) is 19.8 Å². The summed E-state index contributed by atoms with van der Waals surface area (Å²) in [5.41, 5.74) is 0.866. The van der Waals surface area contributed by atoms with Crippen molar-refractivity contribution in [1.82, 2.24) is 9.38 Å². The summed E-state index contributed by atoms with van der Waals surface area (Å²) in [5, 5.41) is 8.91. The van der Waals surface area contributed by atoms with Crippen molar-refractivity contribution in [2.75, 3.05) is 7.11 Å². The standard InChI is InChI=1S/C11H12N2O4S/c1-3-8-7(4-9(14)15)13-5-6(10(16)17-2)12-11(13)18-8/h5H,3-4H2,1-2H3,(H,14,15). The van der Waals surface area contributed by atoms with Crippen LogP contribution in [0.5, 0.6) is 0 Å². The van der Waals surface area contributed by atoms with Gasteiger partial charge in [-0.05, 0) is 6.42 Å². The van der Waals surface area contributed by atoms with Crippen molar-refractivity contribution in [1.29, 1.82) is 0 Å². The number of carbonyl (C=O) groups is 2. The number of carbonyl (C=O) groups excluding carboxylic acids is 1. The first kappa shape index (κ1) is 12.6. The van der Waals surface area contributed by atoms with E-state index in [2.05, 4.69) is 9.72 Å². The van der Waals surface area contributed by atoms with Crippen molar-refractivity contribution in [2.24, 2.45) is 0 Å². The Labute approximate surface area is 107 Å². The maximum Gasteiger partial charge on any atom is 0.358 e. The van der Waals surface area contributed by atoms with Gasteiger partial charge in [0, 0.05) is 16.8 Å². The van der Waals surface area contributed by atoms with Crippen LogP contribution < -0.4 is 0 Å². The predicted octanol–water partition coefficient (Wildman–Crippen LogP) is 1.37. The number of ether oxygens (including phenoxy) is 1. The third-order valence-corrected chi connectivity index (χ3v) is 3.78. The summed E-state index contributed by atoms with van der Waals surface area (Å²) in [6.07, 6.45) is 2.18. The van der Waals surface area contributed by atoms with Crippen molar-refractivity contribution in [3.63, 3.8) is 0 Å². The molecule has 18 heavy (non-hydrogen) atoms. The van der Waals surface area contributed by atoms with E-state index in [0.29, 0.717) is 10.7 Å². The lowest BCUT2D eigenvalue weighted by molar-refractivity contribution is -0.136. The molecule has 0 atom stereocenters. The molecule has 7 heteroatoms. The summed E-state index contributed by atoms with van der Waals surface area (Å²) in [6.45, 7) is 1.96. The molecular formula is C11H12N2O4S. The number of esters is 1. The molecule has 0 unspecified atom stereocenters. The molecule has 0 saturated heterocycles. The van der Waals surface area contributed by atoms with E-state index in [1.54, 1.807) is 4.40 Å². The summed E-state index contributed by atoms with van der Waals surface area (Å²) in [5.74, 6) is -1.43. The molecule has 0 radical (unpaired) electrons. The van der Waals surface area contributed by atoms with Crippen molar-refractivity contribution in [3.05, 3.63) is 22.5 Å². The average molecular weight is 268 g/mol. The van der Waals surface area contributed by atoms with Gasteiger partial charge < -0.3 is 9.84 Å². The molecule has 0 aliphatic rings. The van der Waals surface area contributed by atoms with E-state index in [1.165, 1.54) is 24.6 Å². The van der Waals surface area contributed by atoms with Gasteiger partial charge in [0.1, 0.15) is 0 Å². The molecule has 6 nitrogen and oxygen atoms in total. The van der Waals surface area contributed by atoms with Crippen LogP contribution in [0.25, 0.3) is 4.96 Å². The van der Waals surface area contributed by atoms with E-state index in [4.69, 9.17) is 5.11 Å². The highest BCUT2D eigenvalue weighted by molar-refractivity contribution is 7.17.